The first-order chi connectivity index (χ1) is 8.72. The van der Waals surface area contributed by atoms with Crippen molar-refractivity contribution in [1.29, 1.82) is 0 Å². The zero-order chi connectivity index (χ0) is 13.0. The first kappa shape index (κ1) is 14.1. The second kappa shape index (κ2) is 6.75. The third kappa shape index (κ3) is 3.38. The van der Waals surface area contributed by atoms with Crippen LogP contribution in [-0.2, 0) is 4.74 Å². The Morgan fingerprint density at radius 3 is 2.78 bits per heavy atom. The van der Waals surface area contributed by atoms with E-state index in [1.54, 1.807) is 11.8 Å². The Morgan fingerprint density at radius 2 is 2.11 bits per heavy atom. The maximum atomic E-state index is 5.63. The first-order valence-electron chi connectivity index (χ1n) is 5.94. The highest BCUT2D eigenvalue weighted by Gasteiger charge is 2.24. The van der Waals surface area contributed by atoms with Crippen LogP contribution in [0.15, 0.2) is 40.1 Å². The molecule has 0 spiro atoms. The van der Waals surface area contributed by atoms with E-state index in [-0.39, 0.29) is 5.44 Å². The van der Waals surface area contributed by atoms with E-state index < -0.39 is 0 Å². The second-order valence-corrected chi connectivity index (χ2v) is 6.79. The Balaban J connectivity index is 2.12. The monoisotopic (exact) mass is 296 g/mol. The molecule has 0 aromatic heterocycles. The summed E-state index contributed by atoms with van der Waals surface area (Å²) in [5.74, 6) is 1.02. The second-order valence-electron chi connectivity index (χ2n) is 3.92. The van der Waals surface area contributed by atoms with E-state index in [1.165, 1.54) is 9.81 Å². The topological polar surface area (TPSA) is 9.23 Å². The molecule has 0 saturated carbocycles. The number of benzene rings is 1. The van der Waals surface area contributed by atoms with Gasteiger partial charge in [-0.15, -0.1) is 11.8 Å². The molecule has 0 bridgehead atoms. The van der Waals surface area contributed by atoms with Gasteiger partial charge in [0.25, 0.3) is 0 Å². The molecule has 1 unspecified atom stereocenters. The van der Waals surface area contributed by atoms with Crippen molar-refractivity contribution in [2.75, 3.05) is 12.4 Å². The van der Waals surface area contributed by atoms with Gasteiger partial charge < -0.3 is 4.74 Å². The van der Waals surface area contributed by atoms with E-state index in [0.29, 0.717) is 0 Å². The van der Waals surface area contributed by atoms with Gasteiger partial charge in [0.2, 0.25) is 0 Å². The fraction of sp³-hybridized carbons (Fsp3) is 0.357. The maximum Gasteiger partial charge on any atom is 0.117 e. The van der Waals surface area contributed by atoms with E-state index in [1.807, 2.05) is 36.9 Å². The standard InChI is InChI=1S/C14H16OS3/c1-3-15-12-9-17-14(18-12)10(2)13(16)11-7-5-4-6-8-11/h4-8,12H,3,9H2,1-2H3/b14-10-. The Labute approximate surface area is 122 Å². The largest absolute Gasteiger partial charge is 0.367 e. The molecule has 1 nitrogen and oxygen atoms in total. The fourth-order valence-electron chi connectivity index (χ4n) is 1.69. The fourth-order valence-corrected chi connectivity index (χ4v) is 4.76. The lowest BCUT2D eigenvalue weighted by molar-refractivity contribution is 0.141. The van der Waals surface area contributed by atoms with Crippen molar-refractivity contribution in [2.24, 2.45) is 0 Å². The predicted molar refractivity (Wildman–Crippen MR) is 86.3 cm³/mol. The van der Waals surface area contributed by atoms with Crippen molar-refractivity contribution in [3.63, 3.8) is 0 Å². The quantitative estimate of drug-likeness (QED) is 0.460. The molecule has 1 fully saturated rings. The van der Waals surface area contributed by atoms with Crippen molar-refractivity contribution in [3.8, 4) is 0 Å². The molecule has 0 N–H and O–H groups in total. The highest BCUT2D eigenvalue weighted by molar-refractivity contribution is 8.25. The summed E-state index contributed by atoms with van der Waals surface area (Å²) in [6.45, 7) is 4.92. The van der Waals surface area contributed by atoms with Crippen LogP contribution in [-0.4, -0.2) is 22.7 Å². The number of thiocarbonyl (C=S) groups is 1. The smallest absolute Gasteiger partial charge is 0.117 e. The van der Waals surface area contributed by atoms with E-state index in [0.717, 1.165) is 22.8 Å². The van der Waals surface area contributed by atoms with Crippen molar-refractivity contribution >= 4 is 40.6 Å². The number of thioether (sulfide) groups is 2. The molecule has 1 aromatic rings. The molecule has 2 rings (SSSR count). The third-order valence-electron chi connectivity index (χ3n) is 2.62. The Morgan fingerprint density at radius 1 is 1.39 bits per heavy atom. The number of hydrogen-bond acceptors (Lipinski definition) is 4. The van der Waals surface area contributed by atoms with E-state index in [4.69, 9.17) is 17.0 Å². The molecule has 1 saturated heterocycles. The van der Waals surface area contributed by atoms with Crippen LogP contribution in [0.1, 0.15) is 19.4 Å². The van der Waals surface area contributed by atoms with Gasteiger partial charge in [0.05, 0.1) is 0 Å². The highest BCUT2D eigenvalue weighted by Crippen LogP contribution is 2.44. The molecule has 0 amide bonds. The molecule has 0 aliphatic carbocycles. The number of hydrogen-bond donors (Lipinski definition) is 0. The molecule has 0 radical (unpaired) electrons. The van der Waals surface area contributed by atoms with E-state index >= 15 is 0 Å². The van der Waals surface area contributed by atoms with Crippen LogP contribution in [0.5, 0.6) is 0 Å². The van der Waals surface area contributed by atoms with Crippen LogP contribution in [0.25, 0.3) is 0 Å². The summed E-state index contributed by atoms with van der Waals surface area (Å²) in [5.41, 5.74) is 2.61. The lowest BCUT2D eigenvalue weighted by Gasteiger charge is -2.08. The molecular formula is C14H16OS3. The Bertz CT molecular complexity index is 453. The maximum absolute atomic E-state index is 5.63. The first-order valence-corrected chi connectivity index (χ1v) is 8.21. The minimum absolute atomic E-state index is 0.281. The molecule has 1 atom stereocenters. The molecule has 1 aliphatic heterocycles. The lowest BCUT2D eigenvalue weighted by atomic mass is 10.1. The van der Waals surface area contributed by atoms with Crippen LogP contribution >= 0.6 is 35.7 Å². The predicted octanol–water partition coefficient (Wildman–Crippen LogP) is 4.48. The van der Waals surface area contributed by atoms with Crippen LogP contribution in [0.3, 0.4) is 0 Å². The summed E-state index contributed by atoms with van der Waals surface area (Å²) in [5, 5.41) is 0. The van der Waals surface area contributed by atoms with Crippen LogP contribution in [0, 0.1) is 0 Å². The van der Waals surface area contributed by atoms with Gasteiger partial charge in [-0.2, -0.15) is 0 Å². The van der Waals surface area contributed by atoms with Crippen LogP contribution in [0.2, 0.25) is 0 Å². The summed E-state index contributed by atoms with van der Waals surface area (Å²) in [7, 11) is 0. The van der Waals surface area contributed by atoms with E-state index in [9.17, 15) is 0 Å². The zero-order valence-electron chi connectivity index (χ0n) is 10.5. The number of allylic oxidation sites excluding steroid dienone is 1. The van der Waals surface area contributed by atoms with E-state index in [2.05, 4.69) is 19.1 Å². The summed E-state index contributed by atoms with van der Waals surface area (Å²) in [6, 6.07) is 10.2. The van der Waals surface area contributed by atoms with Gasteiger partial charge in [0, 0.05) is 21.5 Å². The molecule has 1 heterocycles. The molecule has 96 valence electrons. The average molecular weight is 296 g/mol. The van der Waals surface area contributed by atoms with Crippen LogP contribution < -0.4 is 0 Å². The minimum atomic E-state index is 0.281. The lowest BCUT2D eigenvalue weighted by Crippen LogP contribution is -2.06. The zero-order valence-corrected chi connectivity index (χ0v) is 13.0. The Kier molecular flexibility index (Phi) is 5.30. The molecular weight excluding hydrogens is 280 g/mol. The average Bonchev–Trinajstić information content (AvgIpc) is 2.87. The van der Waals surface area contributed by atoms with Crippen molar-refractivity contribution in [2.45, 2.75) is 19.3 Å². The van der Waals surface area contributed by atoms with Gasteiger partial charge >= 0.3 is 0 Å². The molecule has 18 heavy (non-hydrogen) atoms. The molecule has 4 heteroatoms. The summed E-state index contributed by atoms with van der Waals surface area (Å²) >= 11 is 9.21. The van der Waals surface area contributed by atoms with Gasteiger partial charge in [-0.25, -0.2) is 0 Å². The summed E-state index contributed by atoms with van der Waals surface area (Å²) in [4.78, 5) is 0.947. The SMILES string of the molecule is CCOC1CS/C(=C(\C)C(=S)c2ccccc2)S1. The summed E-state index contributed by atoms with van der Waals surface area (Å²) in [6.07, 6.45) is 0. The number of ether oxygens (including phenoxy) is 1. The van der Waals surface area contributed by atoms with Crippen LogP contribution in [0.4, 0.5) is 0 Å². The Hall–Kier alpha value is -0.290. The highest BCUT2D eigenvalue weighted by atomic mass is 32.2. The third-order valence-corrected chi connectivity index (χ3v) is 6.14. The van der Waals surface area contributed by atoms with Gasteiger partial charge in [0.15, 0.2) is 0 Å². The van der Waals surface area contributed by atoms with Gasteiger partial charge in [-0.05, 0) is 25.0 Å². The molecule has 1 aliphatic rings. The van der Waals surface area contributed by atoms with Gasteiger partial charge in [-0.3, -0.25) is 0 Å². The normalized spacial score (nSPS) is 22.0. The van der Waals surface area contributed by atoms with Crippen molar-refractivity contribution in [3.05, 3.63) is 45.7 Å². The van der Waals surface area contributed by atoms with Crippen molar-refractivity contribution in [1.82, 2.24) is 0 Å². The van der Waals surface area contributed by atoms with Gasteiger partial charge in [-0.1, -0.05) is 54.3 Å². The number of rotatable bonds is 4. The van der Waals surface area contributed by atoms with Gasteiger partial charge in [0.1, 0.15) is 5.44 Å². The molecule has 1 aromatic carbocycles. The minimum Gasteiger partial charge on any atom is -0.367 e. The van der Waals surface area contributed by atoms with Crippen molar-refractivity contribution < 1.29 is 4.74 Å². The summed E-state index contributed by atoms with van der Waals surface area (Å²) < 4.78 is 6.94.